The van der Waals surface area contributed by atoms with Crippen LogP contribution in [0, 0.1) is 0 Å². The molecule has 1 unspecified atom stereocenters. The Morgan fingerprint density at radius 2 is 0.535 bits per heavy atom. The second-order valence-electron chi connectivity index (χ2n) is 14.3. The predicted molar refractivity (Wildman–Crippen MR) is 196 cm³/mol. The molecule has 1 rings (SSSR count). The third-order valence-electron chi connectivity index (χ3n) is 10.1. The third kappa shape index (κ3) is 25.2. The first-order valence-corrected chi connectivity index (χ1v) is 20.5. The molecule has 0 bridgehead atoms. The Bertz CT molecular complexity index is 558. The van der Waals surface area contributed by atoms with Crippen LogP contribution in [0.3, 0.4) is 0 Å². The summed E-state index contributed by atoms with van der Waals surface area (Å²) in [5.41, 5.74) is 0. The lowest BCUT2D eigenvalue weighted by molar-refractivity contribution is 0.135. The van der Waals surface area contributed by atoms with Gasteiger partial charge in [0.05, 0.1) is 0 Å². The molecule has 0 aromatic carbocycles. The first kappa shape index (κ1) is 40.4. The van der Waals surface area contributed by atoms with Gasteiger partial charge in [-0.25, -0.2) is 0 Å². The van der Waals surface area contributed by atoms with Crippen LogP contribution in [0.5, 0.6) is 0 Å². The van der Waals surface area contributed by atoms with Crippen molar-refractivity contribution in [3.63, 3.8) is 0 Å². The lowest BCUT2D eigenvalue weighted by Crippen LogP contribution is -2.39. The highest BCUT2D eigenvalue weighted by Crippen LogP contribution is 2.24. The standard InChI is InChI=1S/C41H82N2/c1-4-7-10-12-14-16-18-20-21-22-24-26-28-30-32-35-38-43-40-39-42(37-34-9-6-3)41(43)36-33-31-29-27-25-23-19-17-15-13-11-8-5-2/h39-41H,4-38H2,1-3H3. The van der Waals surface area contributed by atoms with Crippen molar-refractivity contribution in [1.82, 2.24) is 9.80 Å². The highest BCUT2D eigenvalue weighted by molar-refractivity contribution is 4.97. The van der Waals surface area contributed by atoms with Crippen molar-refractivity contribution in [3.8, 4) is 0 Å². The predicted octanol–water partition coefficient (Wildman–Crippen LogP) is 14.3. The molecule has 0 aromatic rings. The zero-order chi connectivity index (χ0) is 30.9. The van der Waals surface area contributed by atoms with Gasteiger partial charge in [0.15, 0.2) is 0 Å². The smallest absolute Gasteiger partial charge is 0.101 e. The molecule has 1 heterocycles. The van der Waals surface area contributed by atoms with E-state index >= 15 is 0 Å². The summed E-state index contributed by atoms with van der Waals surface area (Å²) >= 11 is 0. The Labute approximate surface area is 273 Å². The van der Waals surface area contributed by atoms with Crippen LogP contribution in [0.1, 0.15) is 233 Å². The lowest BCUT2D eigenvalue weighted by Gasteiger charge is -2.33. The molecule has 0 aliphatic carbocycles. The number of rotatable bonds is 35. The Hall–Kier alpha value is -0.660. The Kier molecular flexibility index (Phi) is 30.7. The number of unbranched alkanes of at least 4 members (excludes halogenated alkanes) is 29. The van der Waals surface area contributed by atoms with Gasteiger partial charge in [-0.15, -0.1) is 0 Å². The average molecular weight is 603 g/mol. The maximum Gasteiger partial charge on any atom is 0.101 e. The summed E-state index contributed by atoms with van der Waals surface area (Å²) in [6.07, 6.45) is 53.0. The molecular weight excluding hydrogens is 520 g/mol. The molecule has 0 amide bonds. The van der Waals surface area contributed by atoms with Crippen molar-refractivity contribution in [1.29, 1.82) is 0 Å². The van der Waals surface area contributed by atoms with Gasteiger partial charge in [-0.3, -0.25) is 0 Å². The fraction of sp³-hybridized carbons (Fsp3) is 0.951. The molecule has 1 atom stereocenters. The third-order valence-corrected chi connectivity index (χ3v) is 10.1. The van der Waals surface area contributed by atoms with Crippen molar-refractivity contribution >= 4 is 0 Å². The molecule has 2 nitrogen and oxygen atoms in total. The maximum absolute atomic E-state index is 2.70. The summed E-state index contributed by atoms with van der Waals surface area (Å²) in [4.78, 5) is 5.39. The quantitative estimate of drug-likeness (QED) is 0.0666. The van der Waals surface area contributed by atoms with E-state index in [9.17, 15) is 0 Å². The maximum atomic E-state index is 2.70. The van der Waals surface area contributed by atoms with Crippen LogP contribution in [-0.4, -0.2) is 29.1 Å². The molecule has 0 N–H and O–H groups in total. The molecule has 43 heavy (non-hydrogen) atoms. The molecule has 1 aliphatic heterocycles. The van der Waals surface area contributed by atoms with Gasteiger partial charge in [-0.2, -0.15) is 0 Å². The van der Waals surface area contributed by atoms with Crippen molar-refractivity contribution in [2.75, 3.05) is 13.1 Å². The van der Waals surface area contributed by atoms with Gasteiger partial charge >= 0.3 is 0 Å². The molecule has 2 heteroatoms. The van der Waals surface area contributed by atoms with Gasteiger partial charge in [0, 0.05) is 25.5 Å². The fourth-order valence-corrected chi connectivity index (χ4v) is 7.07. The van der Waals surface area contributed by atoms with Crippen LogP contribution in [0.15, 0.2) is 12.4 Å². The number of hydrogen-bond acceptors (Lipinski definition) is 2. The minimum Gasteiger partial charge on any atom is -0.356 e. The topological polar surface area (TPSA) is 6.48 Å². The van der Waals surface area contributed by atoms with Gasteiger partial charge in [0.1, 0.15) is 6.17 Å². The van der Waals surface area contributed by atoms with Crippen LogP contribution in [0.25, 0.3) is 0 Å². The molecule has 0 fully saturated rings. The minimum atomic E-state index is 0.640. The normalized spacial score (nSPS) is 14.9. The summed E-state index contributed by atoms with van der Waals surface area (Å²) in [6, 6.07) is 0. The molecule has 0 radical (unpaired) electrons. The van der Waals surface area contributed by atoms with E-state index < -0.39 is 0 Å². The zero-order valence-corrected chi connectivity index (χ0v) is 30.4. The minimum absolute atomic E-state index is 0.640. The second-order valence-corrected chi connectivity index (χ2v) is 14.3. The van der Waals surface area contributed by atoms with E-state index in [1.807, 2.05) is 0 Å². The fourth-order valence-electron chi connectivity index (χ4n) is 7.07. The van der Waals surface area contributed by atoms with Gasteiger partial charge in [-0.05, 0) is 25.7 Å². The largest absolute Gasteiger partial charge is 0.356 e. The van der Waals surface area contributed by atoms with Crippen molar-refractivity contribution in [2.45, 2.75) is 239 Å². The van der Waals surface area contributed by atoms with Crippen LogP contribution in [-0.2, 0) is 0 Å². The summed E-state index contributed by atoms with van der Waals surface area (Å²) in [7, 11) is 0. The molecule has 0 saturated carbocycles. The van der Waals surface area contributed by atoms with Crippen LogP contribution in [0.4, 0.5) is 0 Å². The monoisotopic (exact) mass is 603 g/mol. The van der Waals surface area contributed by atoms with E-state index in [0.717, 1.165) is 0 Å². The highest BCUT2D eigenvalue weighted by atomic mass is 15.4. The van der Waals surface area contributed by atoms with E-state index in [-0.39, 0.29) is 0 Å². The van der Waals surface area contributed by atoms with Gasteiger partial charge in [-0.1, -0.05) is 207 Å². The van der Waals surface area contributed by atoms with E-state index in [0.29, 0.717) is 6.17 Å². The summed E-state index contributed by atoms with van der Waals surface area (Å²) in [5.74, 6) is 0. The Balaban J connectivity index is 2.05. The van der Waals surface area contributed by atoms with Crippen molar-refractivity contribution < 1.29 is 0 Å². The Morgan fingerprint density at radius 1 is 0.302 bits per heavy atom. The summed E-state index contributed by atoms with van der Waals surface area (Å²) < 4.78 is 0. The first-order chi connectivity index (χ1) is 21.3. The highest BCUT2D eigenvalue weighted by Gasteiger charge is 2.24. The summed E-state index contributed by atoms with van der Waals surface area (Å²) in [6.45, 7) is 9.47. The first-order valence-electron chi connectivity index (χ1n) is 20.5. The molecule has 0 spiro atoms. The zero-order valence-electron chi connectivity index (χ0n) is 30.4. The lowest BCUT2D eigenvalue weighted by atomic mass is 10.0. The molecule has 256 valence electrons. The molecule has 0 aromatic heterocycles. The van der Waals surface area contributed by atoms with E-state index in [1.54, 1.807) is 0 Å². The average Bonchev–Trinajstić information content (AvgIpc) is 3.40. The van der Waals surface area contributed by atoms with Gasteiger partial charge in [0.2, 0.25) is 0 Å². The van der Waals surface area contributed by atoms with E-state index in [2.05, 4.69) is 43.0 Å². The SMILES string of the molecule is CCCCCCCCCCCCCCCCCCN1C=CN(CCCCC)C1CCCCCCCCCCCCCCC. The number of nitrogens with zero attached hydrogens (tertiary/aromatic N) is 2. The van der Waals surface area contributed by atoms with Crippen LogP contribution < -0.4 is 0 Å². The molecule has 0 saturated heterocycles. The second kappa shape index (κ2) is 32.7. The Morgan fingerprint density at radius 3 is 0.860 bits per heavy atom. The summed E-state index contributed by atoms with van der Waals surface area (Å²) in [5, 5.41) is 0. The van der Waals surface area contributed by atoms with Crippen LogP contribution in [0.2, 0.25) is 0 Å². The van der Waals surface area contributed by atoms with E-state index in [4.69, 9.17) is 0 Å². The van der Waals surface area contributed by atoms with Crippen LogP contribution >= 0.6 is 0 Å². The van der Waals surface area contributed by atoms with Gasteiger partial charge < -0.3 is 9.80 Å². The van der Waals surface area contributed by atoms with Crippen molar-refractivity contribution in [3.05, 3.63) is 12.4 Å². The van der Waals surface area contributed by atoms with Crippen molar-refractivity contribution in [2.24, 2.45) is 0 Å². The van der Waals surface area contributed by atoms with Gasteiger partial charge in [0.25, 0.3) is 0 Å². The van der Waals surface area contributed by atoms with E-state index in [1.165, 1.54) is 225 Å². The molecule has 1 aliphatic rings. The number of hydrogen-bond donors (Lipinski definition) is 0. The molecular formula is C41H82N2.